The minimum absolute atomic E-state index is 0.293. The molecule has 0 radical (unpaired) electrons. The van der Waals surface area contributed by atoms with Gasteiger partial charge in [-0.15, -0.1) is 0 Å². The first-order chi connectivity index (χ1) is 4.85. The third-order valence-electron chi connectivity index (χ3n) is 3.04. The van der Waals surface area contributed by atoms with E-state index in [9.17, 15) is 0 Å². The van der Waals surface area contributed by atoms with E-state index in [1.807, 2.05) is 0 Å². The smallest absolute Gasteiger partial charge is 0.0641 e. The third-order valence-corrected chi connectivity index (χ3v) is 3.04. The average molecular weight is 138 g/mol. The molecule has 0 atom stereocenters. The molecule has 1 nitrogen and oxygen atoms in total. The molecule has 0 aromatic heterocycles. The van der Waals surface area contributed by atoms with E-state index < -0.39 is 0 Å². The highest BCUT2D eigenvalue weighted by Gasteiger charge is 2.39. The average Bonchev–Trinajstić information content (AvgIpc) is 2.29. The van der Waals surface area contributed by atoms with Crippen molar-refractivity contribution in [2.45, 2.75) is 32.1 Å². The number of hydrogen-bond acceptors (Lipinski definition) is 1. The molecule has 0 heterocycles. The van der Waals surface area contributed by atoms with Crippen LogP contribution in [0.15, 0.2) is 11.6 Å². The lowest BCUT2D eigenvalue weighted by molar-refractivity contribution is 0.146. The van der Waals surface area contributed by atoms with E-state index in [-0.39, 0.29) is 0 Å². The highest BCUT2D eigenvalue weighted by molar-refractivity contribution is 5.17. The Kier molecular flexibility index (Phi) is 1.34. The van der Waals surface area contributed by atoms with E-state index in [2.05, 4.69) is 6.08 Å². The molecular weight excluding hydrogens is 124 g/mol. The van der Waals surface area contributed by atoms with Crippen molar-refractivity contribution in [2.24, 2.45) is 5.41 Å². The lowest BCUT2D eigenvalue weighted by Crippen LogP contribution is -2.26. The first-order valence-corrected chi connectivity index (χ1v) is 4.13. The topological polar surface area (TPSA) is 20.2 Å². The van der Waals surface area contributed by atoms with Crippen LogP contribution >= 0.6 is 0 Å². The zero-order valence-electron chi connectivity index (χ0n) is 6.27. The largest absolute Gasteiger partial charge is 0.392 e. The first kappa shape index (κ1) is 6.41. The summed E-state index contributed by atoms with van der Waals surface area (Å²) in [6.07, 6.45) is 8.86. The molecule has 2 aliphatic rings. The van der Waals surface area contributed by atoms with Crippen molar-refractivity contribution in [1.29, 1.82) is 0 Å². The van der Waals surface area contributed by atoms with Crippen LogP contribution in [-0.2, 0) is 0 Å². The lowest BCUT2D eigenvalue weighted by atomic mass is 9.67. The number of rotatable bonds is 1. The molecule has 1 saturated carbocycles. The number of allylic oxidation sites excluding steroid dienone is 1. The highest BCUT2D eigenvalue weighted by Crippen LogP contribution is 2.52. The third kappa shape index (κ3) is 0.807. The maximum atomic E-state index is 8.85. The van der Waals surface area contributed by atoms with E-state index in [4.69, 9.17) is 5.11 Å². The molecule has 0 bridgehead atoms. The van der Waals surface area contributed by atoms with Gasteiger partial charge in [-0.05, 0) is 36.7 Å². The van der Waals surface area contributed by atoms with Crippen LogP contribution in [0.1, 0.15) is 32.1 Å². The predicted octanol–water partition coefficient (Wildman–Crippen LogP) is 1.87. The van der Waals surface area contributed by atoms with Crippen LogP contribution in [0.25, 0.3) is 0 Å². The monoisotopic (exact) mass is 138 g/mol. The van der Waals surface area contributed by atoms with Gasteiger partial charge >= 0.3 is 0 Å². The molecule has 2 rings (SSSR count). The summed E-state index contributed by atoms with van der Waals surface area (Å²) in [6, 6.07) is 0. The predicted molar refractivity (Wildman–Crippen MR) is 40.7 cm³/mol. The maximum absolute atomic E-state index is 8.85. The van der Waals surface area contributed by atoms with Crippen LogP contribution < -0.4 is 0 Å². The Balaban J connectivity index is 1.98. The Labute approximate surface area is 61.8 Å². The Hall–Kier alpha value is -0.300. The summed E-state index contributed by atoms with van der Waals surface area (Å²) in [5, 5.41) is 8.85. The van der Waals surface area contributed by atoms with Gasteiger partial charge in [0.2, 0.25) is 0 Å². The van der Waals surface area contributed by atoms with Crippen LogP contribution in [0.5, 0.6) is 0 Å². The molecule has 1 fully saturated rings. The minimum atomic E-state index is 0.293. The van der Waals surface area contributed by atoms with Crippen molar-refractivity contribution < 1.29 is 5.11 Å². The van der Waals surface area contributed by atoms with Crippen molar-refractivity contribution in [2.75, 3.05) is 6.61 Å². The van der Waals surface area contributed by atoms with Crippen molar-refractivity contribution in [3.63, 3.8) is 0 Å². The fourth-order valence-electron chi connectivity index (χ4n) is 2.16. The molecule has 1 N–H and O–H groups in total. The van der Waals surface area contributed by atoms with Gasteiger partial charge in [-0.1, -0.05) is 12.5 Å². The zero-order chi connectivity index (χ0) is 7.03. The standard InChI is InChI=1S/C9H14O/c10-7-8-2-5-9(6-8)3-1-4-9/h2,10H,1,3-7H2. The zero-order valence-corrected chi connectivity index (χ0v) is 6.27. The Bertz CT molecular complexity index is 166. The Morgan fingerprint density at radius 1 is 1.50 bits per heavy atom. The molecule has 0 amide bonds. The molecule has 0 unspecified atom stereocenters. The molecule has 0 aromatic rings. The summed E-state index contributed by atoms with van der Waals surface area (Å²) in [5.41, 5.74) is 1.91. The van der Waals surface area contributed by atoms with E-state index in [0.717, 1.165) is 0 Å². The second-order valence-corrected chi connectivity index (χ2v) is 3.75. The van der Waals surface area contributed by atoms with Gasteiger partial charge in [0.15, 0.2) is 0 Å². The quantitative estimate of drug-likeness (QED) is 0.548. The van der Waals surface area contributed by atoms with Crippen molar-refractivity contribution >= 4 is 0 Å². The maximum Gasteiger partial charge on any atom is 0.0641 e. The van der Waals surface area contributed by atoms with Gasteiger partial charge in [-0.2, -0.15) is 0 Å². The lowest BCUT2D eigenvalue weighted by Gasteiger charge is -2.38. The summed E-state index contributed by atoms with van der Waals surface area (Å²) >= 11 is 0. The van der Waals surface area contributed by atoms with E-state index in [1.165, 1.54) is 37.7 Å². The summed E-state index contributed by atoms with van der Waals surface area (Å²) in [4.78, 5) is 0. The van der Waals surface area contributed by atoms with Crippen LogP contribution in [0.2, 0.25) is 0 Å². The molecule has 0 aliphatic heterocycles. The molecule has 1 spiro atoms. The minimum Gasteiger partial charge on any atom is -0.392 e. The number of aliphatic hydroxyl groups is 1. The van der Waals surface area contributed by atoms with Crippen LogP contribution in [0, 0.1) is 5.41 Å². The van der Waals surface area contributed by atoms with Crippen molar-refractivity contribution in [1.82, 2.24) is 0 Å². The Morgan fingerprint density at radius 2 is 2.30 bits per heavy atom. The molecule has 0 aromatic carbocycles. The summed E-state index contributed by atoms with van der Waals surface area (Å²) < 4.78 is 0. The SMILES string of the molecule is OCC1=CCC2(CCC2)C1. The van der Waals surface area contributed by atoms with Gasteiger partial charge < -0.3 is 5.11 Å². The van der Waals surface area contributed by atoms with Crippen LogP contribution in [-0.4, -0.2) is 11.7 Å². The van der Waals surface area contributed by atoms with Crippen molar-refractivity contribution in [3.05, 3.63) is 11.6 Å². The Morgan fingerprint density at radius 3 is 2.60 bits per heavy atom. The highest BCUT2D eigenvalue weighted by atomic mass is 16.3. The van der Waals surface area contributed by atoms with Gasteiger partial charge in [-0.25, -0.2) is 0 Å². The summed E-state index contributed by atoms with van der Waals surface area (Å²) in [5.74, 6) is 0. The fourth-order valence-corrected chi connectivity index (χ4v) is 2.16. The number of hydrogen-bond donors (Lipinski definition) is 1. The molecule has 56 valence electrons. The molecule has 0 saturated heterocycles. The second-order valence-electron chi connectivity index (χ2n) is 3.75. The fraction of sp³-hybridized carbons (Fsp3) is 0.778. The second kappa shape index (κ2) is 2.09. The van der Waals surface area contributed by atoms with Crippen molar-refractivity contribution in [3.8, 4) is 0 Å². The summed E-state index contributed by atoms with van der Waals surface area (Å²) in [6.45, 7) is 0.293. The van der Waals surface area contributed by atoms with E-state index in [0.29, 0.717) is 12.0 Å². The summed E-state index contributed by atoms with van der Waals surface area (Å²) in [7, 11) is 0. The molecule has 2 aliphatic carbocycles. The normalized spacial score (nSPS) is 28.3. The van der Waals surface area contributed by atoms with Gasteiger partial charge in [0.05, 0.1) is 6.61 Å². The van der Waals surface area contributed by atoms with Crippen LogP contribution in [0.4, 0.5) is 0 Å². The van der Waals surface area contributed by atoms with Gasteiger partial charge in [-0.3, -0.25) is 0 Å². The molecule has 10 heavy (non-hydrogen) atoms. The molecule has 1 heteroatoms. The van der Waals surface area contributed by atoms with Gasteiger partial charge in [0, 0.05) is 0 Å². The van der Waals surface area contributed by atoms with Gasteiger partial charge in [0.1, 0.15) is 0 Å². The van der Waals surface area contributed by atoms with Gasteiger partial charge in [0.25, 0.3) is 0 Å². The molecular formula is C9H14O. The first-order valence-electron chi connectivity index (χ1n) is 4.13. The number of aliphatic hydroxyl groups excluding tert-OH is 1. The van der Waals surface area contributed by atoms with Crippen LogP contribution in [0.3, 0.4) is 0 Å². The van der Waals surface area contributed by atoms with E-state index in [1.54, 1.807) is 0 Å². The van der Waals surface area contributed by atoms with E-state index >= 15 is 0 Å².